The van der Waals surface area contributed by atoms with E-state index in [9.17, 15) is 30.1 Å². The number of ether oxygens (including phenoxy) is 1. The van der Waals surface area contributed by atoms with Gasteiger partial charge in [0.05, 0.1) is 28.8 Å². The summed E-state index contributed by atoms with van der Waals surface area (Å²) in [6.45, 7) is 5.71. The van der Waals surface area contributed by atoms with Crippen molar-refractivity contribution in [3.63, 3.8) is 0 Å². The van der Waals surface area contributed by atoms with Crippen molar-refractivity contribution in [2.75, 3.05) is 11.9 Å². The molecule has 0 saturated carbocycles. The van der Waals surface area contributed by atoms with E-state index < -0.39 is 22.5 Å². The monoisotopic (exact) mass is 474 g/mol. The van der Waals surface area contributed by atoms with Crippen LogP contribution in [0.3, 0.4) is 0 Å². The summed E-state index contributed by atoms with van der Waals surface area (Å²) in [6.07, 6.45) is 1.42. The number of benzene rings is 2. The Hall–Kier alpha value is -4.91. The lowest BCUT2D eigenvalue weighted by Gasteiger charge is -2.10. The summed E-state index contributed by atoms with van der Waals surface area (Å²) >= 11 is 0. The summed E-state index contributed by atoms with van der Waals surface area (Å²) in [4.78, 5) is 34.7. The summed E-state index contributed by atoms with van der Waals surface area (Å²) in [5.41, 5.74) is 2.81. The van der Waals surface area contributed by atoms with E-state index in [0.29, 0.717) is 11.1 Å². The predicted octanol–water partition coefficient (Wildman–Crippen LogP) is 4.43. The van der Waals surface area contributed by atoms with Crippen molar-refractivity contribution in [2.45, 2.75) is 20.8 Å². The number of nitrogens with zero attached hydrogens (tertiary/aromatic N) is 3. The minimum atomic E-state index is -0.778. The Kier molecular flexibility index (Phi) is 7.31. The number of aryl methyl sites for hydroxylation is 1. The van der Waals surface area contributed by atoms with E-state index in [4.69, 9.17) is 4.74 Å². The fourth-order valence-electron chi connectivity index (χ4n) is 3.53. The molecule has 0 aliphatic carbocycles. The van der Waals surface area contributed by atoms with Crippen molar-refractivity contribution in [1.82, 2.24) is 4.57 Å². The van der Waals surface area contributed by atoms with Crippen molar-refractivity contribution < 1.29 is 24.4 Å². The van der Waals surface area contributed by atoms with Crippen LogP contribution < -0.4 is 5.32 Å². The number of non-ortho nitro benzene ring substituents is 1. The maximum atomic E-state index is 12.6. The number of phenols is 1. The quantitative estimate of drug-likeness (QED) is 0.128. The molecule has 2 aromatic carbocycles. The van der Waals surface area contributed by atoms with Crippen molar-refractivity contribution in [2.24, 2.45) is 0 Å². The highest BCUT2D eigenvalue weighted by atomic mass is 16.6. The first-order valence-corrected chi connectivity index (χ1v) is 10.5. The third-order valence-corrected chi connectivity index (χ3v) is 5.21. The van der Waals surface area contributed by atoms with E-state index in [-0.39, 0.29) is 23.6 Å². The van der Waals surface area contributed by atoms with Crippen molar-refractivity contribution >= 4 is 29.3 Å². The highest BCUT2D eigenvalue weighted by Gasteiger charge is 2.17. The Balaban J connectivity index is 1.88. The molecule has 3 aromatic rings. The number of rotatable bonds is 7. The number of nitro groups is 1. The zero-order chi connectivity index (χ0) is 25.7. The molecule has 0 aliphatic rings. The number of hydrogen-bond donors (Lipinski definition) is 2. The van der Waals surface area contributed by atoms with Crippen LogP contribution in [-0.2, 0) is 9.53 Å². The van der Waals surface area contributed by atoms with E-state index in [2.05, 4.69) is 5.32 Å². The number of hydrogen-bond acceptors (Lipinski definition) is 7. The van der Waals surface area contributed by atoms with Gasteiger partial charge in [0.15, 0.2) is 0 Å². The average Bonchev–Trinajstić information content (AvgIpc) is 3.11. The molecule has 35 heavy (non-hydrogen) atoms. The van der Waals surface area contributed by atoms with Gasteiger partial charge in [-0.05, 0) is 68.8 Å². The van der Waals surface area contributed by atoms with E-state index in [0.717, 1.165) is 29.2 Å². The van der Waals surface area contributed by atoms with Gasteiger partial charge in [-0.1, -0.05) is 0 Å². The molecule has 0 spiro atoms. The molecule has 3 rings (SSSR count). The molecular weight excluding hydrogens is 452 g/mol. The van der Waals surface area contributed by atoms with Crippen LogP contribution in [0.5, 0.6) is 5.75 Å². The van der Waals surface area contributed by atoms with Crippen LogP contribution in [0.1, 0.15) is 34.2 Å². The minimum absolute atomic E-state index is 0.0612. The number of phenolic OH excluding ortho intramolecular Hbond substituents is 1. The molecule has 10 nitrogen and oxygen atoms in total. The minimum Gasteiger partial charge on any atom is -0.506 e. The second kappa shape index (κ2) is 10.4. The number of carbonyl (C=O) groups is 2. The van der Waals surface area contributed by atoms with Gasteiger partial charge in [0.25, 0.3) is 11.6 Å². The normalized spacial score (nSPS) is 11.0. The molecule has 0 radical (unpaired) electrons. The van der Waals surface area contributed by atoms with Gasteiger partial charge in [-0.25, -0.2) is 4.79 Å². The standard InChI is InChI=1S/C25H22N4O6/c1-4-35-25(32)17-5-7-20(8-6-17)28-15(2)11-18(16(28)3)12-19(14-26)24(31)27-22-10-9-21(29(33)34)13-23(22)30/h5-13,30H,4H2,1-3H3,(H,27,31). The number of aromatic hydroxyl groups is 1. The fourth-order valence-corrected chi connectivity index (χ4v) is 3.53. The molecule has 10 heteroatoms. The second-order valence-corrected chi connectivity index (χ2v) is 7.51. The van der Waals surface area contributed by atoms with Crippen molar-refractivity contribution in [3.05, 3.63) is 86.7 Å². The number of esters is 1. The number of nitrogens with one attached hydrogen (secondary N) is 1. The second-order valence-electron chi connectivity index (χ2n) is 7.51. The maximum absolute atomic E-state index is 12.6. The number of anilines is 1. The Morgan fingerprint density at radius 1 is 1.20 bits per heavy atom. The van der Waals surface area contributed by atoms with Gasteiger partial charge in [-0.15, -0.1) is 0 Å². The lowest BCUT2D eigenvalue weighted by molar-refractivity contribution is -0.384. The van der Waals surface area contributed by atoms with Gasteiger partial charge < -0.3 is 19.7 Å². The molecule has 1 aromatic heterocycles. The van der Waals surface area contributed by atoms with Crippen LogP contribution in [0.15, 0.2) is 54.1 Å². The first-order chi connectivity index (χ1) is 16.7. The van der Waals surface area contributed by atoms with Gasteiger partial charge in [0.1, 0.15) is 17.4 Å². The summed E-state index contributed by atoms with van der Waals surface area (Å²) in [7, 11) is 0. The van der Waals surface area contributed by atoms with Gasteiger partial charge in [0, 0.05) is 23.1 Å². The molecule has 0 fully saturated rings. The van der Waals surface area contributed by atoms with E-state index in [1.807, 2.05) is 30.6 Å². The van der Waals surface area contributed by atoms with Crippen LogP contribution >= 0.6 is 0 Å². The maximum Gasteiger partial charge on any atom is 0.338 e. The first-order valence-electron chi connectivity index (χ1n) is 10.5. The molecule has 0 aliphatic heterocycles. The van der Waals surface area contributed by atoms with E-state index in [1.54, 1.807) is 31.2 Å². The van der Waals surface area contributed by atoms with Gasteiger partial charge in [0.2, 0.25) is 0 Å². The van der Waals surface area contributed by atoms with Gasteiger partial charge >= 0.3 is 5.97 Å². The Bertz CT molecular complexity index is 1380. The molecule has 1 amide bonds. The number of amides is 1. The Morgan fingerprint density at radius 3 is 2.46 bits per heavy atom. The third kappa shape index (κ3) is 5.36. The fraction of sp³-hybridized carbons (Fsp3) is 0.160. The topological polar surface area (TPSA) is 147 Å². The predicted molar refractivity (Wildman–Crippen MR) is 128 cm³/mol. The van der Waals surface area contributed by atoms with Crippen LogP contribution in [-0.4, -0.2) is 33.1 Å². The number of nitro benzene ring substituents is 1. The average molecular weight is 474 g/mol. The lowest BCUT2D eigenvalue weighted by atomic mass is 10.1. The molecule has 0 saturated heterocycles. The Morgan fingerprint density at radius 2 is 1.89 bits per heavy atom. The summed E-state index contributed by atoms with van der Waals surface area (Å²) in [6, 6.07) is 13.7. The first kappa shape index (κ1) is 24.7. The Labute approximate surface area is 200 Å². The summed E-state index contributed by atoms with van der Waals surface area (Å²) in [5.74, 6) is -1.68. The zero-order valence-corrected chi connectivity index (χ0v) is 19.2. The van der Waals surface area contributed by atoms with E-state index in [1.165, 1.54) is 12.1 Å². The largest absolute Gasteiger partial charge is 0.506 e. The van der Waals surface area contributed by atoms with Gasteiger partial charge in [-0.3, -0.25) is 14.9 Å². The van der Waals surface area contributed by atoms with Crippen LogP contribution in [0.25, 0.3) is 11.8 Å². The van der Waals surface area contributed by atoms with Crippen LogP contribution in [0.2, 0.25) is 0 Å². The zero-order valence-electron chi connectivity index (χ0n) is 19.2. The van der Waals surface area contributed by atoms with Crippen molar-refractivity contribution in [1.29, 1.82) is 5.26 Å². The lowest BCUT2D eigenvalue weighted by Crippen LogP contribution is -2.13. The molecule has 1 heterocycles. The van der Waals surface area contributed by atoms with E-state index >= 15 is 0 Å². The van der Waals surface area contributed by atoms with Crippen molar-refractivity contribution in [3.8, 4) is 17.5 Å². The summed E-state index contributed by atoms with van der Waals surface area (Å²) in [5, 5.41) is 32.7. The molecule has 178 valence electrons. The molecule has 0 atom stereocenters. The SMILES string of the molecule is CCOC(=O)c1ccc(-n2c(C)cc(C=C(C#N)C(=O)Nc3ccc([N+](=O)[O-])cc3O)c2C)cc1. The molecule has 0 unspecified atom stereocenters. The van der Waals surface area contributed by atoms with Gasteiger partial charge in [-0.2, -0.15) is 5.26 Å². The number of aromatic nitrogens is 1. The highest BCUT2D eigenvalue weighted by molar-refractivity contribution is 6.10. The molecule has 0 bridgehead atoms. The third-order valence-electron chi connectivity index (χ3n) is 5.21. The van der Waals surface area contributed by atoms with Crippen LogP contribution in [0.4, 0.5) is 11.4 Å². The summed E-state index contributed by atoms with van der Waals surface area (Å²) < 4.78 is 6.91. The smallest absolute Gasteiger partial charge is 0.338 e. The molecule has 2 N–H and O–H groups in total. The number of carbonyl (C=O) groups excluding carboxylic acids is 2. The molecular formula is C25H22N4O6. The number of nitriles is 1. The van der Waals surface area contributed by atoms with Crippen LogP contribution in [0, 0.1) is 35.3 Å². The highest BCUT2D eigenvalue weighted by Crippen LogP contribution is 2.29.